The van der Waals surface area contributed by atoms with Gasteiger partial charge in [0.1, 0.15) is 10.8 Å². The van der Waals surface area contributed by atoms with Crippen LogP contribution in [-0.4, -0.2) is 47.2 Å². The number of phenolic OH excluding ortho intramolecular Hbond substituents is 1. The van der Waals surface area contributed by atoms with E-state index in [1.807, 2.05) is 37.1 Å². The fourth-order valence-electron chi connectivity index (χ4n) is 2.77. The van der Waals surface area contributed by atoms with Crippen LogP contribution in [0, 0.1) is 6.92 Å². The lowest BCUT2D eigenvalue weighted by Gasteiger charge is -2.36. The van der Waals surface area contributed by atoms with E-state index in [1.54, 1.807) is 23.5 Å². The van der Waals surface area contributed by atoms with E-state index in [1.165, 1.54) is 0 Å². The zero-order valence-electron chi connectivity index (χ0n) is 13.9. The molecule has 1 atom stereocenters. The molecule has 0 bridgehead atoms. The number of hydrogen-bond acceptors (Lipinski definition) is 5. The number of aromatic nitrogens is 1. The lowest BCUT2D eigenvalue weighted by molar-refractivity contribution is 0.191. The fraction of sp³-hybridized carbons (Fsp3) is 0.412. The third-order valence-electron chi connectivity index (χ3n) is 4.11. The van der Waals surface area contributed by atoms with Gasteiger partial charge in [-0.25, -0.2) is 9.78 Å². The molecule has 0 radical (unpaired) electrons. The molecule has 128 valence electrons. The summed E-state index contributed by atoms with van der Waals surface area (Å²) < 4.78 is 0. The predicted molar refractivity (Wildman–Crippen MR) is 95.7 cm³/mol. The Kier molecular flexibility index (Phi) is 4.89. The zero-order chi connectivity index (χ0) is 17.1. The minimum absolute atomic E-state index is 0.0501. The van der Waals surface area contributed by atoms with Crippen molar-refractivity contribution in [2.45, 2.75) is 19.9 Å². The molecular formula is C17H22N4O2S. The summed E-state index contributed by atoms with van der Waals surface area (Å²) in [7, 11) is 0. The second kappa shape index (κ2) is 7.09. The van der Waals surface area contributed by atoms with Gasteiger partial charge in [0.2, 0.25) is 0 Å². The van der Waals surface area contributed by atoms with Gasteiger partial charge in [-0.2, -0.15) is 0 Å². The van der Waals surface area contributed by atoms with Crippen LogP contribution >= 0.6 is 11.3 Å². The number of hydrogen-bond donors (Lipinski definition) is 2. The summed E-state index contributed by atoms with van der Waals surface area (Å²) >= 11 is 1.61. The van der Waals surface area contributed by atoms with E-state index < -0.39 is 0 Å². The van der Waals surface area contributed by atoms with Gasteiger partial charge in [0.25, 0.3) is 0 Å². The average Bonchev–Trinajstić information content (AvgIpc) is 3.01. The maximum atomic E-state index is 12.4. The molecule has 3 rings (SSSR count). The van der Waals surface area contributed by atoms with Crippen LogP contribution in [-0.2, 0) is 0 Å². The molecule has 2 heterocycles. The quantitative estimate of drug-likeness (QED) is 0.897. The molecule has 1 fully saturated rings. The third kappa shape index (κ3) is 3.79. The first-order chi connectivity index (χ1) is 11.5. The molecule has 1 saturated heterocycles. The number of benzene rings is 1. The Balaban J connectivity index is 1.53. The van der Waals surface area contributed by atoms with Crippen molar-refractivity contribution in [3.05, 3.63) is 40.3 Å². The normalized spacial score (nSPS) is 16.1. The molecule has 2 aromatic rings. The number of nitrogens with zero attached hydrogens (tertiary/aromatic N) is 3. The van der Waals surface area contributed by atoms with Crippen LogP contribution in [0.5, 0.6) is 5.75 Å². The van der Waals surface area contributed by atoms with Crippen LogP contribution in [0.25, 0.3) is 0 Å². The number of carbonyl (C=O) groups is 1. The second-order valence-electron chi connectivity index (χ2n) is 5.97. The summed E-state index contributed by atoms with van der Waals surface area (Å²) in [6, 6.07) is 7.09. The smallest absolute Gasteiger partial charge is 0.318 e. The van der Waals surface area contributed by atoms with Gasteiger partial charge in [0, 0.05) is 49.0 Å². The predicted octanol–water partition coefficient (Wildman–Crippen LogP) is 2.75. The molecule has 2 N–H and O–H groups in total. The molecule has 0 spiro atoms. The average molecular weight is 346 g/mol. The van der Waals surface area contributed by atoms with Gasteiger partial charge in [0.15, 0.2) is 0 Å². The van der Waals surface area contributed by atoms with Gasteiger partial charge in [-0.05, 0) is 26.0 Å². The summed E-state index contributed by atoms with van der Waals surface area (Å²) in [4.78, 5) is 21.9. The number of phenols is 1. The zero-order valence-corrected chi connectivity index (χ0v) is 14.7. The minimum Gasteiger partial charge on any atom is -0.508 e. The first-order valence-corrected chi connectivity index (χ1v) is 8.86. The van der Waals surface area contributed by atoms with E-state index in [0.29, 0.717) is 13.1 Å². The van der Waals surface area contributed by atoms with Gasteiger partial charge >= 0.3 is 6.03 Å². The highest BCUT2D eigenvalue weighted by Gasteiger charge is 2.23. The lowest BCUT2D eigenvalue weighted by Crippen LogP contribution is -2.52. The van der Waals surface area contributed by atoms with Gasteiger partial charge in [0.05, 0.1) is 6.04 Å². The van der Waals surface area contributed by atoms with Gasteiger partial charge in [-0.15, -0.1) is 11.3 Å². The van der Waals surface area contributed by atoms with Crippen LogP contribution in [0.3, 0.4) is 0 Å². The Morgan fingerprint density at radius 1 is 1.33 bits per heavy atom. The van der Waals surface area contributed by atoms with Crippen LogP contribution in [0.2, 0.25) is 0 Å². The monoisotopic (exact) mass is 346 g/mol. The summed E-state index contributed by atoms with van der Waals surface area (Å²) in [6.45, 7) is 6.79. The van der Waals surface area contributed by atoms with E-state index in [0.717, 1.165) is 28.7 Å². The molecule has 6 nitrogen and oxygen atoms in total. The topological polar surface area (TPSA) is 68.7 Å². The number of anilines is 1. The molecule has 0 saturated carbocycles. The van der Waals surface area contributed by atoms with Crippen molar-refractivity contribution in [3.63, 3.8) is 0 Å². The van der Waals surface area contributed by atoms with E-state index in [9.17, 15) is 9.90 Å². The number of urea groups is 1. The Morgan fingerprint density at radius 3 is 2.71 bits per heavy atom. The number of carbonyl (C=O) groups excluding carboxylic acids is 1. The summed E-state index contributed by atoms with van der Waals surface area (Å²) in [5.41, 5.74) is 0.988. The number of piperazine rings is 1. The minimum atomic E-state index is -0.0831. The molecule has 24 heavy (non-hydrogen) atoms. The highest BCUT2D eigenvalue weighted by atomic mass is 32.1. The maximum Gasteiger partial charge on any atom is 0.318 e. The van der Waals surface area contributed by atoms with Crippen molar-refractivity contribution in [1.82, 2.24) is 15.2 Å². The van der Waals surface area contributed by atoms with Crippen molar-refractivity contribution in [1.29, 1.82) is 0 Å². The lowest BCUT2D eigenvalue weighted by atomic mass is 10.2. The third-order valence-corrected chi connectivity index (χ3v) is 5.21. The van der Waals surface area contributed by atoms with E-state index in [2.05, 4.69) is 15.2 Å². The van der Waals surface area contributed by atoms with Crippen molar-refractivity contribution in [2.24, 2.45) is 0 Å². The Hall–Kier alpha value is -2.28. The van der Waals surface area contributed by atoms with E-state index in [-0.39, 0.29) is 17.8 Å². The van der Waals surface area contributed by atoms with Crippen LogP contribution in [0.1, 0.15) is 22.9 Å². The van der Waals surface area contributed by atoms with Gasteiger partial charge in [-0.3, -0.25) is 0 Å². The number of rotatable bonds is 3. The fourth-order valence-corrected chi connectivity index (χ4v) is 3.54. The summed E-state index contributed by atoms with van der Waals surface area (Å²) in [5.74, 6) is 0.264. The van der Waals surface area contributed by atoms with Crippen LogP contribution < -0.4 is 10.2 Å². The number of nitrogens with one attached hydrogen (secondary N) is 1. The molecular weight excluding hydrogens is 324 g/mol. The first-order valence-electron chi connectivity index (χ1n) is 8.04. The summed E-state index contributed by atoms with van der Waals surface area (Å²) in [5, 5.41) is 13.5. The van der Waals surface area contributed by atoms with Crippen molar-refractivity contribution in [3.8, 4) is 5.75 Å². The second-order valence-corrected chi connectivity index (χ2v) is 7.24. The highest BCUT2D eigenvalue weighted by Crippen LogP contribution is 2.22. The number of thiazole rings is 1. The number of amides is 2. The van der Waals surface area contributed by atoms with E-state index >= 15 is 0 Å². The van der Waals surface area contributed by atoms with Crippen molar-refractivity contribution in [2.75, 3.05) is 31.1 Å². The van der Waals surface area contributed by atoms with Crippen molar-refractivity contribution < 1.29 is 9.90 Å². The molecule has 1 aromatic heterocycles. The molecule has 1 aromatic carbocycles. The maximum absolute atomic E-state index is 12.4. The van der Waals surface area contributed by atoms with Crippen LogP contribution in [0.4, 0.5) is 10.5 Å². The standard InChI is InChI=1S/C17H22N4O2S/c1-12-11-18-16(24-12)13(2)19-17(23)21-8-6-20(7-9-21)14-4-3-5-15(22)10-14/h3-5,10-11,13,22H,6-9H2,1-2H3,(H,19,23). The molecule has 7 heteroatoms. The van der Waals surface area contributed by atoms with E-state index in [4.69, 9.17) is 0 Å². The molecule has 1 aliphatic rings. The number of aromatic hydroxyl groups is 1. The number of aryl methyl sites for hydroxylation is 1. The molecule has 0 aliphatic carbocycles. The van der Waals surface area contributed by atoms with Gasteiger partial charge in [-0.1, -0.05) is 6.07 Å². The molecule has 1 unspecified atom stereocenters. The van der Waals surface area contributed by atoms with Gasteiger partial charge < -0.3 is 20.2 Å². The van der Waals surface area contributed by atoms with Crippen molar-refractivity contribution >= 4 is 23.1 Å². The molecule has 1 aliphatic heterocycles. The van der Waals surface area contributed by atoms with Crippen LogP contribution in [0.15, 0.2) is 30.5 Å². The largest absolute Gasteiger partial charge is 0.508 e. The SMILES string of the molecule is Cc1cnc(C(C)NC(=O)N2CCN(c3cccc(O)c3)CC2)s1. The summed E-state index contributed by atoms with van der Waals surface area (Å²) in [6.07, 6.45) is 1.83. The highest BCUT2D eigenvalue weighted by molar-refractivity contribution is 7.11. The Bertz CT molecular complexity index is 710. The Labute approximate surface area is 145 Å². The Morgan fingerprint density at radius 2 is 2.08 bits per heavy atom. The first kappa shape index (κ1) is 16.6. The molecule has 2 amide bonds.